The summed E-state index contributed by atoms with van der Waals surface area (Å²) in [6.45, 7) is 3.85. The van der Waals surface area contributed by atoms with Crippen LogP contribution in [-0.2, 0) is 0 Å². The molecule has 0 unspecified atom stereocenters. The first-order valence-corrected chi connectivity index (χ1v) is 6.92. The van der Waals surface area contributed by atoms with Gasteiger partial charge >= 0.3 is 0 Å². The fraction of sp³-hybridized carbons (Fsp3) is 0.385. The van der Waals surface area contributed by atoms with Gasteiger partial charge in [0, 0.05) is 36.6 Å². The molecule has 0 spiro atoms. The average Bonchev–Trinajstić information content (AvgIpc) is 2.47. The van der Waals surface area contributed by atoms with Crippen molar-refractivity contribution in [3.05, 3.63) is 23.2 Å². The van der Waals surface area contributed by atoms with E-state index < -0.39 is 0 Å². The fourth-order valence-corrected chi connectivity index (χ4v) is 2.52. The highest BCUT2D eigenvalue weighted by Crippen LogP contribution is 2.26. The number of rotatable bonds is 2. The van der Waals surface area contributed by atoms with Crippen molar-refractivity contribution in [3.63, 3.8) is 0 Å². The number of piperazine rings is 1. The number of nitrogens with one attached hydrogen (secondary N) is 1. The minimum absolute atomic E-state index is 0.603. The molecular weight excluding hydrogens is 276 g/mol. The van der Waals surface area contributed by atoms with Crippen molar-refractivity contribution in [2.45, 2.75) is 0 Å². The third-order valence-corrected chi connectivity index (χ3v) is 3.80. The minimum Gasteiger partial charge on any atom is -0.338 e. The average molecular weight is 293 g/mol. The zero-order valence-electron chi connectivity index (χ0n) is 11.3. The first-order chi connectivity index (χ1) is 9.67. The fourth-order valence-electron chi connectivity index (χ4n) is 2.35. The maximum absolute atomic E-state index is 6.01. The minimum atomic E-state index is 0.603. The number of fused-ring (bicyclic) bond motifs is 1. The summed E-state index contributed by atoms with van der Waals surface area (Å²) in [5.41, 5.74) is 3.48. The van der Waals surface area contributed by atoms with Crippen LogP contribution in [-0.4, -0.2) is 48.1 Å². The van der Waals surface area contributed by atoms with Crippen LogP contribution in [0.1, 0.15) is 0 Å². The van der Waals surface area contributed by atoms with E-state index in [1.54, 1.807) is 0 Å². The Bertz CT molecular complexity index is 624. The van der Waals surface area contributed by atoms with Crippen molar-refractivity contribution in [1.29, 1.82) is 0 Å². The molecule has 0 amide bonds. The van der Waals surface area contributed by atoms with Gasteiger partial charge < -0.3 is 15.2 Å². The second kappa shape index (κ2) is 5.40. The lowest BCUT2D eigenvalue weighted by atomic mass is 10.2. The lowest BCUT2D eigenvalue weighted by Gasteiger charge is -2.32. The lowest BCUT2D eigenvalue weighted by molar-refractivity contribution is 0.311. The molecule has 1 aliphatic heterocycles. The number of anilines is 2. The third-order valence-electron chi connectivity index (χ3n) is 3.57. The summed E-state index contributed by atoms with van der Waals surface area (Å²) in [5, 5.41) is 1.47. The molecule has 3 N–H and O–H groups in total. The normalized spacial score (nSPS) is 16.6. The number of likely N-dealkylation sites (N-methyl/N-ethyl adjacent to an activating group) is 1. The highest BCUT2D eigenvalue weighted by atomic mass is 35.5. The maximum Gasteiger partial charge on any atom is 0.228 e. The molecule has 6 nitrogen and oxygen atoms in total. The summed E-state index contributed by atoms with van der Waals surface area (Å²) >= 11 is 6.01. The topological polar surface area (TPSA) is 70.3 Å². The smallest absolute Gasteiger partial charge is 0.228 e. The number of aromatic nitrogens is 2. The number of hydrazine groups is 1. The van der Waals surface area contributed by atoms with E-state index in [0.29, 0.717) is 16.8 Å². The van der Waals surface area contributed by atoms with Crippen molar-refractivity contribution in [1.82, 2.24) is 14.9 Å². The Morgan fingerprint density at radius 1 is 1.20 bits per heavy atom. The third kappa shape index (κ3) is 2.49. The van der Waals surface area contributed by atoms with Gasteiger partial charge in [0.15, 0.2) is 5.82 Å². The number of benzene rings is 1. The Morgan fingerprint density at radius 2 is 1.95 bits per heavy atom. The van der Waals surface area contributed by atoms with Crippen molar-refractivity contribution >= 4 is 34.3 Å². The van der Waals surface area contributed by atoms with Gasteiger partial charge in [0.05, 0.1) is 5.52 Å². The summed E-state index contributed by atoms with van der Waals surface area (Å²) in [7, 11) is 2.12. The molecule has 1 saturated heterocycles. The Morgan fingerprint density at radius 3 is 2.65 bits per heavy atom. The molecule has 1 fully saturated rings. The van der Waals surface area contributed by atoms with Gasteiger partial charge in [-0.25, -0.2) is 10.8 Å². The van der Waals surface area contributed by atoms with Crippen LogP contribution in [0.2, 0.25) is 5.02 Å². The van der Waals surface area contributed by atoms with Crippen LogP contribution in [0.25, 0.3) is 10.9 Å². The summed E-state index contributed by atoms with van der Waals surface area (Å²) in [4.78, 5) is 13.6. The van der Waals surface area contributed by atoms with Crippen molar-refractivity contribution in [2.75, 3.05) is 43.6 Å². The predicted octanol–water partition coefficient (Wildman–Crippen LogP) is 1.32. The number of hydrogen-bond acceptors (Lipinski definition) is 6. The van der Waals surface area contributed by atoms with Gasteiger partial charge in [-0.1, -0.05) is 11.6 Å². The Labute approximate surface area is 122 Å². The second-order valence-electron chi connectivity index (χ2n) is 4.97. The SMILES string of the molecule is CN1CCN(c2nc(NN)c3cc(Cl)ccc3n2)CC1. The molecule has 1 aromatic carbocycles. The molecule has 0 saturated carbocycles. The largest absolute Gasteiger partial charge is 0.338 e. The summed E-state index contributed by atoms with van der Waals surface area (Å²) in [5.74, 6) is 6.89. The molecule has 1 aromatic heterocycles. The first kappa shape index (κ1) is 13.4. The van der Waals surface area contributed by atoms with E-state index >= 15 is 0 Å². The lowest BCUT2D eigenvalue weighted by Crippen LogP contribution is -2.45. The Balaban J connectivity index is 2.02. The standard InChI is InChI=1S/C13H17ClN6/c1-19-4-6-20(7-5-19)13-16-11-3-2-9(14)8-10(11)12(17-13)18-15/h2-3,8H,4-7,15H2,1H3,(H,16,17,18). The zero-order valence-corrected chi connectivity index (χ0v) is 12.1. The van der Waals surface area contributed by atoms with Crippen LogP contribution in [0.3, 0.4) is 0 Å². The zero-order chi connectivity index (χ0) is 14.1. The van der Waals surface area contributed by atoms with Gasteiger partial charge in [0.1, 0.15) is 0 Å². The van der Waals surface area contributed by atoms with Crippen LogP contribution in [0.4, 0.5) is 11.8 Å². The van der Waals surface area contributed by atoms with Gasteiger partial charge in [-0.05, 0) is 25.2 Å². The molecule has 0 bridgehead atoms. The predicted molar refractivity (Wildman–Crippen MR) is 82.1 cm³/mol. The number of nitrogens with zero attached hydrogens (tertiary/aromatic N) is 4. The number of halogens is 1. The summed E-state index contributed by atoms with van der Waals surface area (Å²) in [6.07, 6.45) is 0. The van der Waals surface area contributed by atoms with Crippen LogP contribution >= 0.6 is 11.6 Å². The van der Waals surface area contributed by atoms with Crippen LogP contribution in [0.5, 0.6) is 0 Å². The van der Waals surface area contributed by atoms with E-state index in [1.165, 1.54) is 0 Å². The second-order valence-corrected chi connectivity index (χ2v) is 5.40. The van der Waals surface area contributed by atoms with E-state index in [9.17, 15) is 0 Å². The Hall–Kier alpha value is -1.63. The van der Waals surface area contributed by atoms with Gasteiger partial charge in [-0.15, -0.1) is 0 Å². The highest BCUT2D eigenvalue weighted by Gasteiger charge is 2.18. The molecule has 0 aliphatic carbocycles. The summed E-state index contributed by atoms with van der Waals surface area (Å²) in [6, 6.07) is 5.53. The highest BCUT2D eigenvalue weighted by molar-refractivity contribution is 6.31. The molecule has 3 rings (SSSR count). The van der Waals surface area contributed by atoms with Crippen molar-refractivity contribution in [2.24, 2.45) is 5.84 Å². The number of nitrogen functional groups attached to an aromatic ring is 1. The van der Waals surface area contributed by atoms with Gasteiger partial charge in [-0.3, -0.25) is 0 Å². The molecule has 2 heterocycles. The molecule has 1 aliphatic rings. The van der Waals surface area contributed by atoms with E-state index in [2.05, 4.69) is 32.2 Å². The molecule has 106 valence electrons. The monoisotopic (exact) mass is 292 g/mol. The molecule has 7 heteroatoms. The van der Waals surface area contributed by atoms with E-state index in [-0.39, 0.29) is 0 Å². The summed E-state index contributed by atoms with van der Waals surface area (Å²) < 4.78 is 0. The van der Waals surface area contributed by atoms with Gasteiger partial charge in [-0.2, -0.15) is 4.98 Å². The van der Waals surface area contributed by atoms with E-state index in [4.69, 9.17) is 17.4 Å². The van der Waals surface area contributed by atoms with Gasteiger partial charge in [0.2, 0.25) is 5.95 Å². The molecule has 2 aromatic rings. The van der Waals surface area contributed by atoms with E-state index in [1.807, 2.05) is 18.2 Å². The van der Waals surface area contributed by atoms with Crippen LogP contribution < -0.4 is 16.2 Å². The first-order valence-electron chi connectivity index (χ1n) is 6.55. The number of hydrogen-bond donors (Lipinski definition) is 2. The van der Waals surface area contributed by atoms with E-state index in [0.717, 1.165) is 37.1 Å². The molecule has 0 atom stereocenters. The molecule has 0 radical (unpaired) electrons. The van der Waals surface area contributed by atoms with Crippen LogP contribution in [0, 0.1) is 0 Å². The Kier molecular flexibility index (Phi) is 3.60. The number of nitrogens with two attached hydrogens (primary N) is 1. The maximum atomic E-state index is 6.01. The van der Waals surface area contributed by atoms with Crippen LogP contribution in [0.15, 0.2) is 18.2 Å². The molecule has 20 heavy (non-hydrogen) atoms. The van der Waals surface area contributed by atoms with Crippen molar-refractivity contribution in [3.8, 4) is 0 Å². The van der Waals surface area contributed by atoms with Crippen molar-refractivity contribution < 1.29 is 0 Å². The van der Waals surface area contributed by atoms with Gasteiger partial charge in [0.25, 0.3) is 0 Å². The quantitative estimate of drug-likeness (QED) is 0.643. The molecular formula is C13H17ClN6.